The van der Waals surface area contributed by atoms with E-state index in [1.165, 1.54) is 13.0 Å². The first-order valence-corrected chi connectivity index (χ1v) is 8.03. The number of benzene rings is 1. The van der Waals surface area contributed by atoms with Gasteiger partial charge in [-0.25, -0.2) is 4.79 Å². The third-order valence-corrected chi connectivity index (χ3v) is 3.85. The molecule has 0 spiro atoms. The van der Waals surface area contributed by atoms with E-state index in [2.05, 4.69) is 0 Å². The van der Waals surface area contributed by atoms with Gasteiger partial charge in [0.1, 0.15) is 11.9 Å². The van der Waals surface area contributed by atoms with Crippen molar-refractivity contribution in [3.05, 3.63) is 35.9 Å². The van der Waals surface area contributed by atoms with Gasteiger partial charge in [-0.15, -0.1) is 0 Å². The van der Waals surface area contributed by atoms with E-state index in [4.69, 9.17) is 18.9 Å². The number of ether oxygens (including phenoxy) is 4. The summed E-state index contributed by atoms with van der Waals surface area (Å²) >= 11 is 0. The van der Waals surface area contributed by atoms with E-state index in [1.54, 1.807) is 37.5 Å². The first-order chi connectivity index (χ1) is 12.3. The van der Waals surface area contributed by atoms with Crippen LogP contribution in [0.2, 0.25) is 0 Å². The minimum Gasteiger partial charge on any atom is -0.497 e. The second-order valence-electron chi connectivity index (χ2n) is 5.80. The first kappa shape index (κ1) is 19.9. The lowest BCUT2D eigenvalue weighted by molar-refractivity contribution is -0.284. The molecule has 0 bridgehead atoms. The molecule has 8 nitrogen and oxygen atoms in total. The van der Waals surface area contributed by atoms with E-state index in [0.29, 0.717) is 5.75 Å². The summed E-state index contributed by atoms with van der Waals surface area (Å²) in [6.07, 6.45) is -3.41. The van der Waals surface area contributed by atoms with Crippen LogP contribution in [-0.2, 0) is 23.8 Å². The highest BCUT2D eigenvalue weighted by atomic mass is 16.7. The summed E-state index contributed by atoms with van der Waals surface area (Å²) in [4.78, 5) is 23.1. The molecule has 8 heteroatoms. The highest BCUT2D eigenvalue weighted by Gasteiger charge is 2.46. The third kappa shape index (κ3) is 5.04. The average Bonchev–Trinajstić information content (AvgIpc) is 2.60. The predicted molar refractivity (Wildman–Crippen MR) is 90.0 cm³/mol. The van der Waals surface area contributed by atoms with Crippen molar-refractivity contribution >= 4 is 18.0 Å². The molecule has 0 radical (unpaired) electrons. The third-order valence-electron chi connectivity index (χ3n) is 3.85. The standard InChI is InChI=1S/C18H22O8/c1-10-16(15(21)17(18(22)24-10)25-11(2)19)26-14(20)9-6-12-4-7-13(23-3)8-5-12/h4-10,15-18,21-22H,1-3H3/t10-,15+,16-,17+,18+/m0/s1. The number of rotatable bonds is 5. The fourth-order valence-electron chi connectivity index (χ4n) is 2.55. The Morgan fingerprint density at radius 1 is 1.12 bits per heavy atom. The Balaban J connectivity index is 2.01. The van der Waals surface area contributed by atoms with Crippen LogP contribution < -0.4 is 4.74 Å². The van der Waals surface area contributed by atoms with Crippen molar-refractivity contribution in [1.82, 2.24) is 0 Å². The molecule has 1 aromatic carbocycles. The molecule has 0 saturated carbocycles. The van der Waals surface area contributed by atoms with Gasteiger partial charge in [-0.3, -0.25) is 4.79 Å². The molecule has 1 aromatic rings. The Labute approximate surface area is 150 Å². The van der Waals surface area contributed by atoms with Gasteiger partial charge in [-0.2, -0.15) is 0 Å². The summed E-state index contributed by atoms with van der Waals surface area (Å²) < 4.78 is 20.3. The lowest BCUT2D eigenvalue weighted by Gasteiger charge is -2.40. The van der Waals surface area contributed by atoms with Crippen molar-refractivity contribution < 1.29 is 38.7 Å². The molecule has 0 aromatic heterocycles. The summed E-state index contributed by atoms with van der Waals surface area (Å²) in [6.45, 7) is 2.66. The zero-order valence-corrected chi connectivity index (χ0v) is 14.7. The number of hydrogen-bond donors (Lipinski definition) is 2. The molecule has 0 amide bonds. The Kier molecular flexibility index (Phi) is 6.73. The number of hydrogen-bond acceptors (Lipinski definition) is 8. The minimum atomic E-state index is -1.51. The Hall–Kier alpha value is -2.42. The molecule has 1 aliphatic rings. The molecule has 5 atom stereocenters. The van der Waals surface area contributed by atoms with Gasteiger partial charge < -0.3 is 29.2 Å². The van der Waals surface area contributed by atoms with Crippen LogP contribution in [0.15, 0.2) is 30.3 Å². The summed E-state index contributed by atoms with van der Waals surface area (Å²) in [5, 5.41) is 20.1. The highest BCUT2D eigenvalue weighted by molar-refractivity contribution is 5.87. The number of carbonyl (C=O) groups is 2. The topological polar surface area (TPSA) is 112 Å². The maximum atomic E-state index is 12.0. The van der Waals surface area contributed by atoms with Crippen molar-refractivity contribution in [3.63, 3.8) is 0 Å². The lowest BCUT2D eigenvalue weighted by atomic mass is 9.99. The van der Waals surface area contributed by atoms with Gasteiger partial charge >= 0.3 is 11.9 Å². The molecule has 0 aliphatic carbocycles. The van der Waals surface area contributed by atoms with E-state index in [0.717, 1.165) is 12.5 Å². The van der Waals surface area contributed by atoms with Crippen molar-refractivity contribution in [2.45, 2.75) is 44.6 Å². The van der Waals surface area contributed by atoms with Crippen LogP contribution in [0.25, 0.3) is 6.08 Å². The van der Waals surface area contributed by atoms with Crippen LogP contribution in [0.1, 0.15) is 19.4 Å². The molecular formula is C18H22O8. The Morgan fingerprint density at radius 2 is 1.77 bits per heavy atom. The van der Waals surface area contributed by atoms with Gasteiger partial charge in [0.2, 0.25) is 0 Å². The van der Waals surface area contributed by atoms with Gasteiger partial charge in [0, 0.05) is 13.0 Å². The van der Waals surface area contributed by atoms with Crippen LogP contribution >= 0.6 is 0 Å². The van der Waals surface area contributed by atoms with Crippen LogP contribution in [0.5, 0.6) is 5.75 Å². The summed E-state index contributed by atoms with van der Waals surface area (Å²) in [7, 11) is 1.56. The average molecular weight is 366 g/mol. The summed E-state index contributed by atoms with van der Waals surface area (Å²) in [6, 6.07) is 7.02. The van der Waals surface area contributed by atoms with E-state index in [9.17, 15) is 19.8 Å². The van der Waals surface area contributed by atoms with Crippen LogP contribution in [-0.4, -0.2) is 60.0 Å². The van der Waals surface area contributed by atoms with Crippen molar-refractivity contribution in [1.29, 1.82) is 0 Å². The van der Waals surface area contributed by atoms with Gasteiger partial charge in [0.15, 0.2) is 18.5 Å². The highest BCUT2D eigenvalue weighted by Crippen LogP contribution is 2.25. The van der Waals surface area contributed by atoms with E-state index in [-0.39, 0.29) is 0 Å². The number of aliphatic hydroxyl groups is 2. The number of methoxy groups -OCH3 is 1. The second-order valence-corrected chi connectivity index (χ2v) is 5.80. The smallest absolute Gasteiger partial charge is 0.331 e. The van der Waals surface area contributed by atoms with E-state index >= 15 is 0 Å². The largest absolute Gasteiger partial charge is 0.497 e. The zero-order chi connectivity index (χ0) is 19.3. The van der Waals surface area contributed by atoms with Gasteiger partial charge in [0.25, 0.3) is 0 Å². The van der Waals surface area contributed by atoms with Crippen LogP contribution in [0.4, 0.5) is 0 Å². The molecule has 26 heavy (non-hydrogen) atoms. The second kappa shape index (κ2) is 8.79. The van der Waals surface area contributed by atoms with Crippen molar-refractivity contribution in [3.8, 4) is 5.75 Å². The van der Waals surface area contributed by atoms with E-state index < -0.39 is 42.6 Å². The van der Waals surface area contributed by atoms with Crippen molar-refractivity contribution in [2.24, 2.45) is 0 Å². The van der Waals surface area contributed by atoms with Gasteiger partial charge in [-0.1, -0.05) is 12.1 Å². The zero-order valence-electron chi connectivity index (χ0n) is 14.7. The summed E-state index contributed by atoms with van der Waals surface area (Å²) in [5.74, 6) is -0.717. The van der Waals surface area contributed by atoms with Gasteiger partial charge in [0.05, 0.1) is 13.2 Å². The quantitative estimate of drug-likeness (QED) is 0.577. The summed E-state index contributed by atoms with van der Waals surface area (Å²) in [5.41, 5.74) is 0.754. The molecule has 1 heterocycles. The molecule has 0 unspecified atom stereocenters. The maximum absolute atomic E-state index is 12.0. The molecule has 142 valence electrons. The monoisotopic (exact) mass is 366 g/mol. The maximum Gasteiger partial charge on any atom is 0.331 e. The minimum absolute atomic E-state index is 0.691. The number of carbonyl (C=O) groups excluding carboxylic acids is 2. The van der Waals surface area contributed by atoms with Crippen LogP contribution in [0, 0.1) is 0 Å². The molecule has 2 N–H and O–H groups in total. The molecule has 1 saturated heterocycles. The van der Waals surface area contributed by atoms with Crippen LogP contribution in [0.3, 0.4) is 0 Å². The Bertz CT molecular complexity index is 654. The number of esters is 2. The molecule has 2 rings (SSSR count). The fourth-order valence-corrected chi connectivity index (χ4v) is 2.55. The SMILES string of the molecule is COc1ccc(C=CC(=O)O[C@@H]2[C@@H](O)[C@@H](OC(C)=O)[C@H](O)O[C@H]2C)cc1. The molecule has 1 aliphatic heterocycles. The molecule has 1 fully saturated rings. The Morgan fingerprint density at radius 3 is 2.35 bits per heavy atom. The normalized spacial score (nSPS) is 28.6. The fraction of sp³-hybridized carbons (Fsp3) is 0.444. The van der Waals surface area contributed by atoms with Crippen molar-refractivity contribution in [2.75, 3.05) is 7.11 Å². The predicted octanol–water partition coefficient (Wildman–Crippen LogP) is 0.650. The number of aliphatic hydroxyl groups excluding tert-OH is 2. The van der Waals surface area contributed by atoms with Gasteiger partial charge in [-0.05, 0) is 30.7 Å². The lowest BCUT2D eigenvalue weighted by Crippen LogP contribution is -2.59. The van der Waals surface area contributed by atoms with E-state index in [1.807, 2.05) is 0 Å². The molecular weight excluding hydrogens is 344 g/mol. The first-order valence-electron chi connectivity index (χ1n) is 8.03.